The second kappa shape index (κ2) is 7.52. The van der Waals surface area contributed by atoms with Gasteiger partial charge in [0.25, 0.3) is 0 Å². The number of nitrogens with zero attached hydrogens (tertiary/aromatic N) is 3. The molecule has 1 fully saturated rings. The van der Waals surface area contributed by atoms with E-state index >= 15 is 0 Å². The number of hydrogen-bond donors (Lipinski definition) is 1. The summed E-state index contributed by atoms with van der Waals surface area (Å²) < 4.78 is 0. The fourth-order valence-corrected chi connectivity index (χ4v) is 3.39. The zero-order chi connectivity index (χ0) is 17.9. The predicted octanol–water partition coefficient (Wildman–Crippen LogP) is 4.16. The van der Waals surface area contributed by atoms with Crippen LogP contribution in [-0.2, 0) is 12.0 Å². The Morgan fingerprint density at radius 3 is 2.60 bits per heavy atom. The van der Waals surface area contributed by atoms with Crippen molar-refractivity contribution in [2.24, 2.45) is 0 Å². The molecule has 1 aromatic heterocycles. The lowest BCUT2D eigenvalue weighted by Gasteiger charge is -2.33. The molecule has 1 saturated heterocycles. The monoisotopic (exact) mass is 338 g/mol. The van der Waals surface area contributed by atoms with Crippen molar-refractivity contribution in [1.29, 1.82) is 0 Å². The maximum atomic E-state index is 4.47. The molecule has 2 aromatic rings. The molecule has 4 nitrogen and oxygen atoms in total. The Kier molecular flexibility index (Phi) is 5.38. The van der Waals surface area contributed by atoms with Gasteiger partial charge in [-0.05, 0) is 48.9 Å². The van der Waals surface area contributed by atoms with Crippen LogP contribution in [0.1, 0.15) is 50.4 Å². The van der Waals surface area contributed by atoms with Crippen LogP contribution in [0.2, 0.25) is 0 Å². The quantitative estimate of drug-likeness (QED) is 0.909. The van der Waals surface area contributed by atoms with Crippen LogP contribution >= 0.6 is 0 Å². The smallest absolute Gasteiger partial charge is 0.223 e. The van der Waals surface area contributed by atoms with Crippen LogP contribution in [0.5, 0.6) is 0 Å². The molecule has 0 saturated carbocycles. The van der Waals surface area contributed by atoms with Crippen LogP contribution in [0.15, 0.2) is 36.5 Å². The molecule has 1 aromatic carbocycles. The first-order chi connectivity index (χ1) is 11.9. The van der Waals surface area contributed by atoms with E-state index in [0.29, 0.717) is 6.04 Å². The van der Waals surface area contributed by atoms with E-state index in [1.165, 1.54) is 24.0 Å². The van der Waals surface area contributed by atoms with Gasteiger partial charge in [-0.15, -0.1) is 0 Å². The second-order valence-corrected chi connectivity index (χ2v) is 8.19. The first kappa shape index (κ1) is 17.9. The van der Waals surface area contributed by atoms with Gasteiger partial charge in [0.05, 0.1) is 0 Å². The Bertz CT molecular complexity index is 688. The lowest BCUT2D eigenvalue weighted by molar-refractivity contribution is 0.208. The fraction of sp³-hybridized carbons (Fsp3) is 0.524. The minimum absolute atomic E-state index is 0.215. The predicted molar refractivity (Wildman–Crippen MR) is 104 cm³/mol. The molecule has 0 aliphatic carbocycles. The van der Waals surface area contributed by atoms with Gasteiger partial charge in [0.1, 0.15) is 0 Å². The summed E-state index contributed by atoms with van der Waals surface area (Å²) in [5, 5.41) is 3.50. The summed E-state index contributed by atoms with van der Waals surface area (Å²) in [5.74, 6) is 0.751. The molecule has 1 N–H and O–H groups in total. The van der Waals surface area contributed by atoms with Crippen molar-refractivity contribution in [3.8, 4) is 0 Å². The lowest BCUT2D eigenvalue weighted by atomic mass is 9.86. The van der Waals surface area contributed by atoms with E-state index in [2.05, 4.69) is 65.2 Å². The van der Waals surface area contributed by atoms with Gasteiger partial charge in [0.15, 0.2) is 0 Å². The minimum Gasteiger partial charge on any atom is -0.350 e. The summed E-state index contributed by atoms with van der Waals surface area (Å²) in [7, 11) is 0. The number of nitrogens with one attached hydrogen (secondary N) is 1. The zero-order valence-corrected chi connectivity index (χ0v) is 15.9. The van der Waals surface area contributed by atoms with E-state index in [0.717, 1.165) is 31.3 Å². The van der Waals surface area contributed by atoms with Gasteiger partial charge in [-0.25, -0.2) is 9.97 Å². The van der Waals surface area contributed by atoms with Crippen LogP contribution < -0.4 is 5.32 Å². The number of aryl methyl sites for hydroxylation is 1. The van der Waals surface area contributed by atoms with E-state index in [-0.39, 0.29) is 5.41 Å². The third-order valence-electron chi connectivity index (χ3n) is 4.86. The van der Waals surface area contributed by atoms with Gasteiger partial charge in [-0.3, -0.25) is 4.90 Å². The Labute approximate surface area is 151 Å². The van der Waals surface area contributed by atoms with Crippen molar-refractivity contribution >= 4 is 5.95 Å². The maximum absolute atomic E-state index is 4.47. The Morgan fingerprint density at radius 1 is 1.16 bits per heavy atom. The van der Waals surface area contributed by atoms with Crippen molar-refractivity contribution in [2.45, 2.75) is 58.5 Å². The summed E-state index contributed by atoms with van der Waals surface area (Å²) >= 11 is 0. The molecule has 1 aliphatic heterocycles. The molecular weight excluding hydrogens is 308 g/mol. The maximum Gasteiger partial charge on any atom is 0.223 e. The molecule has 0 bridgehead atoms. The van der Waals surface area contributed by atoms with E-state index in [1.54, 1.807) is 0 Å². The third kappa shape index (κ3) is 5.02. The molecule has 1 aliphatic rings. The first-order valence-electron chi connectivity index (χ1n) is 9.28. The average molecular weight is 338 g/mol. The zero-order valence-electron chi connectivity index (χ0n) is 15.9. The third-order valence-corrected chi connectivity index (χ3v) is 4.86. The molecule has 2 heterocycles. The first-order valence-corrected chi connectivity index (χ1v) is 9.28. The van der Waals surface area contributed by atoms with E-state index < -0.39 is 0 Å². The average Bonchev–Trinajstić information content (AvgIpc) is 2.55. The summed E-state index contributed by atoms with van der Waals surface area (Å²) in [6.45, 7) is 12.0. The Balaban J connectivity index is 1.58. The highest BCUT2D eigenvalue weighted by Gasteiger charge is 2.21. The summed E-state index contributed by atoms with van der Waals surface area (Å²) in [6, 6.07) is 11.5. The minimum atomic E-state index is 0.215. The van der Waals surface area contributed by atoms with Gasteiger partial charge in [-0.1, -0.05) is 45.0 Å². The standard InChI is InChI=1S/C21H30N4/c1-16-11-12-22-20(23-16)24-19-6-5-13-25(15-19)14-17-7-9-18(10-8-17)21(2,3)4/h7-12,19H,5-6,13-15H2,1-4H3,(H,22,23,24). The SMILES string of the molecule is Cc1ccnc(NC2CCCN(Cc3ccc(C(C)(C)C)cc3)C2)n1. The number of aromatic nitrogens is 2. The summed E-state index contributed by atoms with van der Waals surface area (Å²) in [4.78, 5) is 11.3. The molecule has 1 atom stereocenters. The molecule has 0 spiro atoms. The normalized spacial score (nSPS) is 19.0. The van der Waals surface area contributed by atoms with Crippen LogP contribution in [0, 0.1) is 6.92 Å². The Hall–Kier alpha value is -1.94. The molecular formula is C21H30N4. The number of hydrogen-bond acceptors (Lipinski definition) is 4. The number of likely N-dealkylation sites (tertiary alicyclic amines) is 1. The van der Waals surface area contributed by atoms with Crippen molar-refractivity contribution in [3.05, 3.63) is 53.3 Å². The highest BCUT2D eigenvalue weighted by molar-refractivity contribution is 5.28. The van der Waals surface area contributed by atoms with Crippen LogP contribution in [0.25, 0.3) is 0 Å². The molecule has 3 rings (SSSR count). The van der Waals surface area contributed by atoms with E-state index in [1.807, 2.05) is 19.2 Å². The van der Waals surface area contributed by atoms with Crippen LogP contribution in [0.3, 0.4) is 0 Å². The fourth-order valence-electron chi connectivity index (χ4n) is 3.39. The molecule has 25 heavy (non-hydrogen) atoms. The highest BCUT2D eigenvalue weighted by atomic mass is 15.2. The van der Waals surface area contributed by atoms with Crippen LogP contribution in [-0.4, -0.2) is 34.0 Å². The van der Waals surface area contributed by atoms with E-state index in [4.69, 9.17) is 0 Å². The number of piperidine rings is 1. The highest BCUT2D eigenvalue weighted by Crippen LogP contribution is 2.23. The van der Waals surface area contributed by atoms with Crippen molar-refractivity contribution in [2.75, 3.05) is 18.4 Å². The molecule has 0 amide bonds. The van der Waals surface area contributed by atoms with Crippen molar-refractivity contribution in [3.63, 3.8) is 0 Å². The molecule has 0 radical (unpaired) electrons. The van der Waals surface area contributed by atoms with Crippen molar-refractivity contribution in [1.82, 2.24) is 14.9 Å². The molecule has 1 unspecified atom stereocenters. The van der Waals surface area contributed by atoms with E-state index in [9.17, 15) is 0 Å². The number of benzene rings is 1. The van der Waals surface area contributed by atoms with Gasteiger partial charge in [0.2, 0.25) is 5.95 Å². The van der Waals surface area contributed by atoms with Gasteiger partial charge < -0.3 is 5.32 Å². The van der Waals surface area contributed by atoms with Crippen LogP contribution in [0.4, 0.5) is 5.95 Å². The van der Waals surface area contributed by atoms with Gasteiger partial charge >= 0.3 is 0 Å². The summed E-state index contributed by atoms with van der Waals surface area (Å²) in [6.07, 6.45) is 4.21. The van der Waals surface area contributed by atoms with Crippen molar-refractivity contribution < 1.29 is 0 Å². The topological polar surface area (TPSA) is 41.1 Å². The number of rotatable bonds is 4. The summed E-state index contributed by atoms with van der Waals surface area (Å²) in [5.41, 5.74) is 4.00. The molecule has 4 heteroatoms. The lowest BCUT2D eigenvalue weighted by Crippen LogP contribution is -2.41. The number of anilines is 1. The second-order valence-electron chi connectivity index (χ2n) is 8.19. The van der Waals surface area contributed by atoms with Gasteiger partial charge in [-0.2, -0.15) is 0 Å². The largest absolute Gasteiger partial charge is 0.350 e. The molecule has 134 valence electrons. The Morgan fingerprint density at radius 2 is 1.92 bits per heavy atom. The van der Waals surface area contributed by atoms with Gasteiger partial charge in [0, 0.05) is 31.0 Å².